The summed E-state index contributed by atoms with van der Waals surface area (Å²) in [5.41, 5.74) is 0.562. The molecule has 1 aromatic rings. The maximum atomic E-state index is 10.7. The van der Waals surface area contributed by atoms with E-state index in [1.807, 2.05) is 0 Å². The van der Waals surface area contributed by atoms with Gasteiger partial charge in [0.2, 0.25) is 0 Å². The lowest BCUT2D eigenvalue weighted by molar-refractivity contribution is -0.386. The first-order chi connectivity index (χ1) is 7.18. The van der Waals surface area contributed by atoms with Gasteiger partial charge in [0.1, 0.15) is 6.20 Å². The first-order valence-electron chi connectivity index (χ1n) is 4.94. The Morgan fingerprint density at radius 1 is 1.67 bits per heavy atom. The Balaban J connectivity index is 2.15. The van der Waals surface area contributed by atoms with Crippen LogP contribution in [0.15, 0.2) is 18.5 Å². The molecular weight excluding hydrogens is 196 g/mol. The number of rotatable bonds is 4. The molecule has 0 amide bonds. The quantitative estimate of drug-likeness (QED) is 0.597. The zero-order chi connectivity index (χ0) is 10.8. The number of aromatic nitrogens is 1. The summed E-state index contributed by atoms with van der Waals surface area (Å²) < 4.78 is 0. The normalized spacial score (nSPS) is 17.4. The predicted molar refractivity (Wildman–Crippen MR) is 53.3 cm³/mol. The molecule has 1 fully saturated rings. The highest BCUT2D eigenvalue weighted by molar-refractivity contribution is 5.37. The molecule has 0 radical (unpaired) electrons. The predicted octanol–water partition coefficient (Wildman–Crippen LogP) is 1.30. The third-order valence-corrected chi connectivity index (χ3v) is 2.68. The standard InChI is InChI=1S/C10H12N2O3/c13-10(7-1-2-7)5-8-3-4-11-6-9(8)12(14)15/h3-4,6-7,10,13H,1-2,5H2. The highest BCUT2D eigenvalue weighted by atomic mass is 16.6. The van der Waals surface area contributed by atoms with Crippen LogP contribution in [0.2, 0.25) is 0 Å². The maximum absolute atomic E-state index is 10.7. The van der Waals surface area contributed by atoms with Crippen molar-refractivity contribution in [3.8, 4) is 0 Å². The summed E-state index contributed by atoms with van der Waals surface area (Å²) in [5.74, 6) is 0.331. The Kier molecular flexibility index (Phi) is 2.64. The molecule has 0 saturated heterocycles. The van der Waals surface area contributed by atoms with Gasteiger partial charge in [-0.15, -0.1) is 0 Å². The van der Waals surface area contributed by atoms with E-state index in [2.05, 4.69) is 4.98 Å². The molecule has 1 aromatic heterocycles. The minimum Gasteiger partial charge on any atom is -0.392 e. The van der Waals surface area contributed by atoms with E-state index in [9.17, 15) is 15.2 Å². The van der Waals surface area contributed by atoms with Crippen molar-refractivity contribution in [2.45, 2.75) is 25.4 Å². The van der Waals surface area contributed by atoms with Gasteiger partial charge >= 0.3 is 0 Å². The molecule has 80 valence electrons. The van der Waals surface area contributed by atoms with Gasteiger partial charge in [0, 0.05) is 18.2 Å². The lowest BCUT2D eigenvalue weighted by Crippen LogP contribution is -2.13. The van der Waals surface area contributed by atoms with E-state index in [1.165, 1.54) is 12.4 Å². The van der Waals surface area contributed by atoms with Crippen molar-refractivity contribution in [2.75, 3.05) is 0 Å². The van der Waals surface area contributed by atoms with Gasteiger partial charge in [-0.25, -0.2) is 0 Å². The van der Waals surface area contributed by atoms with Gasteiger partial charge in [0.15, 0.2) is 0 Å². The largest absolute Gasteiger partial charge is 0.392 e. The average molecular weight is 208 g/mol. The van der Waals surface area contributed by atoms with Gasteiger partial charge in [-0.05, 0) is 24.8 Å². The fraction of sp³-hybridized carbons (Fsp3) is 0.500. The van der Waals surface area contributed by atoms with Crippen LogP contribution < -0.4 is 0 Å². The van der Waals surface area contributed by atoms with Crippen molar-refractivity contribution in [3.63, 3.8) is 0 Å². The second-order valence-corrected chi connectivity index (χ2v) is 3.87. The molecule has 1 saturated carbocycles. The molecule has 1 unspecified atom stereocenters. The van der Waals surface area contributed by atoms with Crippen molar-refractivity contribution >= 4 is 5.69 Å². The molecule has 1 aliphatic rings. The van der Waals surface area contributed by atoms with Gasteiger partial charge in [-0.2, -0.15) is 0 Å². The minimum absolute atomic E-state index is 0.00259. The van der Waals surface area contributed by atoms with E-state index in [4.69, 9.17) is 0 Å². The zero-order valence-corrected chi connectivity index (χ0v) is 8.17. The number of aliphatic hydroxyl groups is 1. The molecule has 0 spiro atoms. The van der Waals surface area contributed by atoms with Crippen LogP contribution in [0.4, 0.5) is 5.69 Å². The lowest BCUT2D eigenvalue weighted by Gasteiger charge is -2.08. The van der Waals surface area contributed by atoms with Gasteiger partial charge in [-0.1, -0.05) is 0 Å². The number of hydrogen-bond acceptors (Lipinski definition) is 4. The van der Waals surface area contributed by atoms with Crippen LogP contribution in [0, 0.1) is 16.0 Å². The van der Waals surface area contributed by atoms with Crippen LogP contribution in [0.1, 0.15) is 18.4 Å². The van der Waals surface area contributed by atoms with E-state index < -0.39 is 11.0 Å². The highest BCUT2D eigenvalue weighted by Gasteiger charge is 2.31. The molecule has 5 nitrogen and oxygen atoms in total. The van der Waals surface area contributed by atoms with E-state index in [0.29, 0.717) is 17.9 Å². The van der Waals surface area contributed by atoms with Crippen LogP contribution in [0.5, 0.6) is 0 Å². The molecule has 2 rings (SSSR count). The monoisotopic (exact) mass is 208 g/mol. The van der Waals surface area contributed by atoms with Crippen LogP contribution >= 0.6 is 0 Å². The van der Waals surface area contributed by atoms with E-state index in [-0.39, 0.29) is 5.69 Å². The average Bonchev–Trinajstić information content (AvgIpc) is 3.01. The van der Waals surface area contributed by atoms with E-state index >= 15 is 0 Å². The van der Waals surface area contributed by atoms with Crippen molar-refractivity contribution in [1.82, 2.24) is 4.98 Å². The summed E-state index contributed by atoms with van der Waals surface area (Å²) in [6, 6.07) is 1.60. The molecule has 1 aliphatic carbocycles. The van der Waals surface area contributed by atoms with Crippen molar-refractivity contribution in [2.24, 2.45) is 5.92 Å². The summed E-state index contributed by atoms with van der Waals surface area (Å²) in [7, 11) is 0. The Bertz CT molecular complexity index is 377. The van der Waals surface area contributed by atoms with Gasteiger partial charge in [0.05, 0.1) is 11.0 Å². The van der Waals surface area contributed by atoms with Crippen molar-refractivity contribution in [1.29, 1.82) is 0 Å². The molecule has 1 heterocycles. The molecule has 15 heavy (non-hydrogen) atoms. The summed E-state index contributed by atoms with van der Waals surface area (Å²) in [6.07, 6.45) is 4.70. The Morgan fingerprint density at radius 2 is 2.40 bits per heavy atom. The number of nitro groups is 1. The molecule has 5 heteroatoms. The molecule has 0 bridgehead atoms. The van der Waals surface area contributed by atoms with E-state index in [0.717, 1.165) is 12.8 Å². The molecule has 1 atom stereocenters. The summed E-state index contributed by atoms with van der Waals surface area (Å²) >= 11 is 0. The summed E-state index contributed by atoms with van der Waals surface area (Å²) in [6.45, 7) is 0. The first kappa shape index (κ1) is 10.0. The highest BCUT2D eigenvalue weighted by Crippen LogP contribution is 2.34. The Morgan fingerprint density at radius 3 is 3.00 bits per heavy atom. The molecule has 0 aliphatic heterocycles. The SMILES string of the molecule is O=[N+]([O-])c1cnccc1CC(O)C1CC1. The summed E-state index contributed by atoms with van der Waals surface area (Å²) in [4.78, 5) is 13.9. The fourth-order valence-corrected chi connectivity index (χ4v) is 1.62. The van der Waals surface area contributed by atoms with Crippen molar-refractivity contribution in [3.05, 3.63) is 34.1 Å². The number of aliphatic hydroxyl groups excluding tert-OH is 1. The van der Waals surface area contributed by atoms with Crippen LogP contribution in [0.25, 0.3) is 0 Å². The Hall–Kier alpha value is -1.49. The third-order valence-electron chi connectivity index (χ3n) is 2.68. The van der Waals surface area contributed by atoms with Gasteiger partial charge in [0.25, 0.3) is 5.69 Å². The number of pyridine rings is 1. The van der Waals surface area contributed by atoms with E-state index in [1.54, 1.807) is 6.07 Å². The van der Waals surface area contributed by atoms with Crippen LogP contribution in [-0.2, 0) is 6.42 Å². The van der Waals surface area contributed by atoms with Crippen LogP contribution in [-0.4, -0.2) is 21.1 Å². The molecule has 0 aromatic carbocycles. The van der Waals surface area contributed by atoms with Gasteiger partial charge < -0.3 is 5.11 Å². The summed E-state index contributed by atoms with van der Waals surface area (Å²) in [5, 5.41) is 20.4. The second kappa shape index (κ2) is 3.94. The topological polar surface area (TPSA) is 76.3 Å². The minimum atomic E-state index is -0.456. The second-order valence-electron chi connectivity index (χ2n) is 3.87. The smallest absolute Gasteiger partial charge is 0.290 e. The van der Waals surface area contributed by atoms with Crippen molar-refractivity contribution < 1.29 is 10.0 Å². The maximum Gasteiger partial charge on any atom is 0.290 e. The zero-order valence-electron chi connectivity index (χ0n) is 8.17. The van der Waals surface area contributed by atoms with Crippen LogP contribution in [0.3, 0.4) is 0 Å². The van der Waals surface area contributed by atoms with Gasteiger partial charge in [-0.3, -0.25) is 15.1 Å². The lowest BCUT2D eigenvalue weighted by atomic mass is 10.0. The fourth-order valence-electron chi connectivity index (χ4n) is 1.62. The number of nitrogens with zero attached hydrogens (tertiary/aromatic N) is 2. The number of hydrogen-bond donors (Lipinski definition) is 1. The molecular formula is C10H12N2O3. The third kappa shape index (κ3) is 2.30. The molecule has 1 N–H and O–H groups in total. The Labute approximate surface area is 86.9 Å². The first-order valence-corrected chi connectivity index (χ1v) is 4.94.